The van der Waals surface area contributed by atoms with Gasteiger partial charge in [-0.05, 0) is 62.5 Å². The van der Waals surface area contributed by atoms with Crippen LogP contribution in [0.15, 0.2) is 12.1 Å². The van der Waals surface area contributed by atoms with Gasteiger partial charge in [-0.1, -0.05) is 26.2 Å². The third-order valence-electron chi connectivity index (χ3n) is 6.26. The third-order valence-corrected chi connectivity index (χ3v) is 6.26. The minimum absolute atomic E-state index is 0.00605. The molecule has 2 aliphatic rings. The molecule has 152 valence electrons. The number of hydrogen-bond donors (Lipinski definition) is 0. The molecule has 0 aromatic heterocycles. The van der Waals surface area contributed by atoms with Crippen molar-refractivity contribution in [2.24, 2.45) is 17.8 Å². The molecule has 3 rings (SSSR count). The number of halogens is 2. The van der Waals surface area contributed by atoms with Crippen molar-refractivity contribution in [2.45, 2.75) is 71.7 Å². The van der Waals surface area contributed by atoms with Gasteiger partial charge in [0.05, 0.1) is 19.8 Å². The fourth-order valence-electron chi connectivity index (χ4n) is 4.45. The molecule has 1 saturated carbocycles. The Morgan fingerprint density at radius 2 is 1.70 bits per heavy atom. The van der Waals surface area contributed by atoms with Crippen molar-refractivity contribution in [3.63, 3.8) is 0 Å². The SMILES string of the molecule is CCOc1ccc(COC2CCC(C3CCC(CC)CC3)CO2)c(F)c1F. The molecular formula is C22H32F2O3. The minimum atomic E-state index is -0.953. The Morgan fingerprint density at radius 3 is 2.33 bits per heavy atom. The van der Waals surface area contributed by atoms with Crippen molar-refractivity contribution in [1.82, 2.24) is 0 Å². The Hall–Kier alpha value is -1.20. The van der Waals surface area contributed by atoms with Gasteiger partial charge in [0.1, 0.15) is 0 Å². The van der Waals surface area contributed by atoms with Crippen molar-refractivity contribution in [2.75, 3.05) is 13.2 Å². The Kier molecular flexibility index (Phi) is 7.48. The van der Waals surface area contributed by atoms with Crippen LogP contribution >= 0.6 is 0 Å². The summed E-state index contributed by atoms with van der Waals surface area (Å²) in [5.74, 6) is 0.376. The zero-order valence-electron chi connectivity index (χ0n) is 16.5. The second-order valence-corrected chi connectivity index (χ2v) is 7.88. The lowest BCUT2D eigenvalue weighted by Crippen LogP contribution is -2.33. The molecule has 27 heavy (non-hydrogen) atoms. The standard InChI is InChI=1S/C22H32F2O3/c1-3-15-5-7-16(8-6-15)17-10-12-20(26-13-17)27-14-18-9-11-19(25-4-2)22(24)21(18)23/h9,11,15-17,20H,3-8,10,12-14H2,1-2H3. The van der Waals surface area contributed by atoms with Crippen LogP contribution < -0.4 is 4.74 Å². The molecular weight excluding hydrogens is 350 g/mol. The summed E-state index contributed by atoms with van der Waals surface area (Å²) in [6, 6.07) is 2.96. The van der Waals surface area contributed by atoms with Crippen LogP contribution in [0.3, 0.4) is 0 Å². The molecule has 0 spiro atoms. The maximum absolute atomic E-state index is 14.1. The van der Waals surface area contributed by atoms with E-state index in [4.69, 9.17) is 14.2 Å². The van der Waals surface area contributed by atoms with Gasteiger partial charge in [0.25, 0.3) is 0 Å². The van der Waals surface area contributed by atoms with E-state index in [0.29, 0.717) is 19.1 Å². The maximum Gasteiger partial charge on any atom is 0.200 e. The predicted octanol–water partition coefficient (Wildman–Crippen LogP) is 5.85. The molecule has 0 bridgehead atoms. The first-order valence-electron chi connectivity index (χ1n) is 10.4. The van der Waals surface area contributed by atoms with Crippen LogP contribution in [0.2, 0.25) is 0 Å². The van der Waals surface area contributed by atoms with E-state index in [1.54, 1.807) is 6.92 Å². The number of hydrogen-bond acceptors (Lipinski definition) is 3. The van der Waals surface area contributed by atoms with E-state index >= 15 is 0 Å². The lowest BCUT2D eigenvalue weighted by molar-refractivity contribution is -0.188. The number of ether oxygens (including phenoxy) is 3. The quantitative estimate of drug-likeness (QED) is 0.592. The summed E-state index contributed by atoms with van der Waals surface area (Å²) in [7, 11) is 0. The van der Waals surface area contributed by atoms with Gasteiger partial charge in [-0.2, -0.15) is 4.39 Å². The fourth-order valence-corrected chi connectivity index (χ4v) is 4.45. The summed E-state index contributed by atoms with van der Waals surface area (Å²) >= 11 is 0. The van der Waals surface area contributed by atoms with Crippen LogP contribution in [0.4, 0.5) is 8.78 Å². The summed E-state index contributed by atoms with van der Waals surface area (Å²) in [6.45, 7) is 5.04. The Morgan fingerprint density at radius 1 is 0.963 bits per heavy atom. The molecule has 2 fully saturated rings. The fraction of sp³-hybridized carbons (Fsp3) is 0.727. The zero-order valence-corrected chi connectivity index (χ0v) is 16.5. The van der Waals surface area contributed by atoms with Crippen LogP contribution in [0.25, 0.3) is 0 Å². The van der Waals surface area contributed by atoms with Crippen LogP contribution in [0.5, 0.6) is 5.75 Å². The van der Waals surface area contributed by atoms with Crippen molar-refractivity contribution in [3.05, 3.63) is 29.3 Å². The molecule has 1 aromatic carbocycles. The van der Waals surface area contributed by atoms with E-state index in [-0.39, 0.29) is 24.2 Å². The van der Waals surface area contributed by atoms with Crippen molar-refractivity contribution >= 4 is 0 Å². The molecule has 1 aliphatic carbocycles. The van der Waals surface area contributed by atoms with E-state index in [2.05, 4.69) is 6.92 Å². The van der Waals surface area contributed by atoms with Gasteiger partial charge in [-0.15, -0.1) is 0 Å². The van der Waals surface area contributed by atoms with Gasteiger partial charge in [0.2, 0.25) is 5.82 Å². The molecule has 2 atom stereocenters. The third kappa shape index (κ3) is 5.20. The molecule has 0 radical (unpaired) electrons. The topological polar surface area (TPSA) is 27.7 Å². The monoisotopic (exact) mass is 382 g/mol. The normalized spacial score (nSPS) is 28.9. The lowest BCUT2D eigenvalue weighted by atomic mass is 9.73. The summed E-state index contributed by atoms with van der Waals surface area (Å²) in [6.07, 6.45) is 8.20. The van der Waals surface area contributed by atoms with Crippen LogP contribution in [-0.2, 0) is 16.1 Å². The smallest absolute Gasteiger partial charge is 0.200 e. The molecule has 5 heteroatoms. The number of benzene rings is 1. The van der Waals surface area contributed by atoms with E-state index in [9.17, 15) is 8.78 Å². The van der Waals surface area contributed by atoms with Gasteiger partial charge in [0.15, 0.2) is 17.9 Å². The first-order valence-corrected chi connectivity index (χ1v) is 10.4. The van der Waals surface area contributed by atoms with Gasteiger partial charge in [0, 0.05) is 5.56 Å². The molecule has 0 N–H and O–H groups in total. The summed E-state index contributed by atoms with van der Waals surface area (Å²) in [5.41, 5.74) is 0.194. The van der Waals surface area contributed by atoms with Crippen molar-refractivity contribution in [3.8, 4) is 5.75 Å². The Bertz CT molecular complexity index is 591. The average molecular weight is 382 g/mol. The highest BCUT2D eigenvalue weighted by molar-refractivity contribution is 5.30. The highest BCUT2D eigenvalue weighted by atomic mass is 19.2. The van der Waals surface area contributed by atoms with Crippen LogP contribution in [0.1, 0.15) is 64.4 Å². The largest absolute Gasteiger partial charge is 0.491 e. The molecule has 3 nitrogen and oxygen atoms in total. The van der Waals surface area contributed by atoms with Gasteiger partial charge in [-0.25, -0.2) is 4.39 Å². The van der Waals surface area contributed by atoms with Gasteiger partial charge >= 0.3 is 0 Å². The second-order valence-electron chi connectivity index (χ2n) is 7.88. The summed E-state index contributed by atoms with van der Waals surface area (Å²) in [5, 5.41) is 0. The van der Waals surface area contributed by atoms with E-state index in [0.717, 1.165) is 24.7 Å². The predicted molar refractivity (Wildman–Crippen MR) is 101 cm³/mol. The van der Waals surface area contributed by atoms with E-state index in [1.807, 2.05) is 0 Å². The highest BCUT2D eigenvalue weighted by Gasteiger charge is 2.31. The Balaban J connectivity index is 1.44. The minimum Gasteiger partial charge on any atom is -0.491 e. The summed E-state index contributed by atoms with van der Waals surface area (Å²) in [4.78, 5) is 0. The number of rotatable bonds is 7. The van der Waals surface area contributed by atoms with Gasteiger partial charge in [-0.3, -0.25) is 0 Å². The second kappa shape index (κ2) is 9.83. The van der Waals surface area contributed by atoms with Crippen LogP contribution in [-0.4, -0.2) is 19.5 Å². The Labute approximate surface area is 161 Å². The highest BCUT2D eigenvalue weighted by Crippen LogP contribution is 2.38. The lowest BCUT2D eigenvalue weighted by Gasteiger charge is -2.37. The van der Waals surface area contributed by atoms with Crippen molar-refractivity contribution in [1.29, 1.82) is 0 Å². The van der Waals surface area contributed by atoms with E-state index < -0.39 is 11.6 Å². The first-order chi connectivity index (χ1) is 13.1. The summed E-state index contributed by atoms with van der Waals surface area (Å²) < 4.78 is 44.7. The molecule has 1 heterocycles. The molecule has 1 aliphatic heterocycles. The molecule has 2 unspecified atom stereocenters. The molecule has 1 aromatic rings. The molecule has 1 saturated heterocycles. The van der Waals surface area contributed by atoms with E-state index in [1.165, 1.54) is 44.2 Å². The van der Waals surface area contributed by atoms with Crippen LogP contribution in [0, 0.1) is 29.4 Å². The average Bonchev–Trinajstić information content (AvgIpc) is 2.71. The molecule has 0 amide bonds. The zero-order chi connectivity index (χ0) is 19.2. The first kappa shape index (κ1) is 20.5. The van der Waals surface area contributed by atoms with Gasteiger partial charge < -0.3 is 14.2 Å². The van der Waals surface area contributed by atoms with Crippen molar-refractivity contribution < 1.29 is 23.0 Å². The maximum atomic E-state index is 14.1.